The molecule has 0 aromatic heterocycles. The lowest BCUT2D eigenvalue weighted by atomic mass is 10.1. The van der Waals surface area contributed by atoms with Gasteiger partial charge in [0.1, 0.15) is 5.70 Å². The van der Waals surface area contributed by atoms with Gasteiger partial charge in [-0.1, -0.05) is 30.3 Å². The number of likely N-dealkylation sites (N-methyl/N-ethyl adjacent to an activating group) is 1. The summed E-state index contributed by atoms with van der Waals surface area (Å²) in [6.07, 6.45) is 1.51. The van der Waals surface area contributed by atoms with Crippen LogP contribution in [0.3, 0.4) is 0 Å². The van der Waals surface area contributed by atoms with E-state index in [4.69, 9.17) is 0 Å². The van der Waals surface area contributed by atoms with Crippen LogP contribution in [0.4, 0.5) is 11.4 Å². The second-order valence-electron chi connectivity index (χ2n) is 4.47. The van der Waals surface area contributed by atoms with Crippen molar-refractivity contribution in [1.82, 2.24) is 0 Å². The van der Waals surface area contributed by atoms with Crippen LogP contribution in [0.5, 0.6) is 0 Å². The summed E-state index contributed by atoms with van der Waals surface area (Å²) in [5, 5.41) is 8.08. The van der Waals surface area contributed by atoms with Gasteiger partial charge in [0.05, 0.1) is 17.6 Å². The van der Waals surface area contributed by atoms with E-state index < -0.39 is 0 Å². The van der Waals surface area contributed by atoms with Gasteiger partial charge in [-0.3, -0.25) is 4.79 Å². The number of azo groups is 1. The average molecular weight is 263 g/mol. The molecule has 1 aliphatic rings. The standard InChI is InChI=1S/C16H13N3O/c1-19-14-10-6-5-9-13(14)16(20)15(19)11-17-18-12-7-3-2-4-8-12/h2-11H,1H3/b15-11-,18-17?. The number of carbonyl (C=O) groups excluding carboxylic acids is 1. The van der Waals surface area contributed by atoms with Crippen molar-refractivity contribution >= 4 is 17.2 Å². The van der Waals surface area contributed by atoms with E-state index in [1.165, 1.54) is 6.20 Å². The average Bonchev–Trinajstić information content (AvgIpc) is 2.74. The molecule has 0 unspecified atom stereocenters. The van der Waals surface area contributed by atoms with Crippen molar-refractivity contribution < 1.29 is 4.79 Å². The van der Waals surface area contributed by atoms with E-state index in [1.807, 2.05) is 66.5 Å². The Balaban J connectivity index is 1.87. The highest BCUT2D eigenvalue weighted by atomic mass is 16.1. The molecule has 4 heteroatoms. The van der Waals surface area contributed by atoms with Crippen LogP contribution in [0, 0.1) is 0 Å². The monoisotopic (exact) mass is 263 g/mol. The number of fused-ring (bicyclic) bond motifs is 1. The van der Waals surface area contributed by atoms with Gasteiger partial charge in [-0.2, -0.15) is 10.2 Å². The largest absolute Gasteiger partial charge is 0.339 e. The summed E-state index contributed by atoms with van der Waals surface area (Å²) in [5.41, 5.74) is 2.90. The Morgan fingerprint density at radius 3 is 2.45 bits per heavy atom. The minimum Gasteiger partial charge on any atom is -0.339 e. The van der Waals surface area contributed by atoms with Crippen molar-refractivity contribution in [2.75, 3.05) is 11.9 Å². The predicted molar refractivity (Wildman–Crippen MR) is 78.2 cm³/mol. The molecule has 0 spiro atoms. The molecule has 3 rings (SSSR count). The van der Waals surface area contributed by atoms with E-state index in [9.17, 15) is 4.79 Å². The first-order valence-electron chi connectivity index (χ1n) is 6.31. The first-order valence-corrected chi connectivity index (χ1v) is 6.31. The Morgan fingerprint density at radius 2 is 1.70 bits per heavy atom. The highest BCUT2D eigenvalue weighted by Gasteiger charge is 2.29. The number of hydrogen-bond donors (Lipinski definition) is 0. The molecular weight excluding hydrogens is 250 g/mol. The van der Waals surface area contributed by atoms with Crippen molar-refractivity contribution in [3.8, 4) is 0 Å². The third kappa shape index (κ3) is 2.12. The number of anilines is 1. The Labute approximate surface area is 117 Å². The van der Waals surface area contributed by atoms with Crippen LogP contribution in [-0.2, 0) is 0 Å². The molecule has 98 valence electrons. The van der Waals surface area contributed by atoms with E-state index >= 15 is 0 Å². The molecule has 0 saturated heterocycles. The van der Waals surface area contributed by atoms with Crippen LogP contribution in [0.2, 0.25) is 0 Å². The molecule has 2 aromatic rings. The summed E-state index contributed by atoms with van der Waals surface area (Å²) < 4.78 is 0. The van der Waals surface area contributed by atoms with Crippen LogP contribution < -0.4 is 4.90 Å². The maximum Gasteiger partial charge on any atom is 0.213 e. The number of benzene rings is 2. The zero-order valence-corrected chi connectivity index (χ0v) is 11.0. The molecular formula is C16H13N3O. The molecule has 4 nitrogen and oxygen atoms in total. The smallest absolute Gasteiger partial charge is 0.213 e. The molecule has 0 fully saturated rings. The number of para-hydroxylation sites is 1. The zero-order chi connectivity index (χ0) is 13.9. The van der Waals surface area contributed by atoms with Crippen LogP contribution in [0.25, 0.3) is 0 Å². The Hall–Kier alpha value is -2.75. The maximum absolute atomic E-state index is 12.2. The highest BCUT2D eigenvalue weighted by molar-refractivity contribution is 6.18. The topological polar surface area (TPSA) is 45.0 Å². The van der Waals surface area contributed by atoms with Gasteiger partial charge in [0.25, 0.3) is 0 Å². The molecule has 1 aliphatic heterocycles. The fourth-order valence-corrected chi connectivity index (χ4v) is 2.17. The number of Topliss-reactive ketones (excluding diaryl/α,β-unsaturated/α-hetero) is 1. The number of carbonyl (C=O) groups is 1. The van der Waals surface area contributed by atoms with E-state index in [0.717, 1.165) is 11.4 Å². The minimum atomic E-state index is -0.0184. The van der Waals surface area contributed by atoms with Gasteiger partial charge in [0.2, 0.25) is 5.78 Å². The van der Waals surface area contributed by atoms with Gasteiger partial charge in [-0.15, -0.1) is 0 Å². The third-order valence-electron chi connectivity index (χ3n) is 3.21. The zero-order valence-electron chi connectivity index (χ0n) is 11.0. The van der Waals surface area contributed by atoms with E-state index in [-0.39, 0.29) is 5.78 Å². The molecule has 0 saturated carbocycles. The van der Waals surface area contributed by atoms with Crippen molar-refractivity contribution in [1.29, 1.82) is 0 Å². The molecule has 20 heavy (non-hydrogen) atoms. The number of nitrogens with zero attached hydrogens (tertiary/aromatic N) is 3. The lowest BCUT2D eigenvalue weighted by Gasteiger charge is -2.11. The van der Waals surface area contributed by atoms with Gasteiger partial charge in [-0.05, 0) is 24.3 Å². The van der Waals surface area contributed by atoms with Gasteiger partial charge in [0.15, 0.2) is 0 Å². The van der Waals surface area contributed by atoms with Crippen LogP contribution in [0.15, 0.2) is 76.7 Å². The van der Waals surface area contributed by atoms with E-state index in [0.29, 0.717) is 11.3 Å². The molecule has 0 atom stereocenters. The summed E-state index contributed by atoms with van der Waals surface area (Å²) in [5.74, 6) is -0.0184. The molecule has 2 aromatic carbocycles. The number of ketones is 1. The first kappa shape index (κ1) is 12.3. The Bertz CT molecular complexity index is 705. The summed E-state index contributed by atoms with van der Waals surface area (Å²) in [4.78, 5) is 14.1. The second-order valence-corrected chi connectivity index (χ2v) is 4.47. The highest BCUT2D eigenvalue weighted by Crippen LogP contribution is 2.32. The van der Waals surface area contributed by atoms with Gasteiger partial charge in [0, 0.05) is 12.6 Å². The predicted octanol–water partition coefficient (Wildman–Crippen LogP) is 3.94. The van der Waals surface area contributed by atoms with Crippen LogP contribution in [0.1, 0.15) is 10.4 Å². The van der Waals surface area contributed by atoms with Gasteiger partial charge < -0.3 is 4.90 Å². The fourth-order valence-electron chi connectivity index (χ4n) is 2.17. The molecule has 1 heterocycles. The lowest BCUT2D eigenvalue weighted by Crippen LogP contribution is -2.13. The Morgan fingerprint density at radius 1 is 1.00 bits per heavy atom. The van der Waals surface area contributed by atoms with Crippen molar-refractivity contribution in [3.05, 3.63) is 72.1 Å². The van der Waals surface area contributed by atoms with Crippen molar-refractivity contribution in [3.63, 3.8) is 0 Å². The second kappa shape index (κ2) is 5.09. The van der Waals surface area contributed by atoms with E-state index in [1.54, 1.807) is 0 Å². The third-order valence-corrected chi connectivity index (χ3v) is 3.21. The molecule has 0 bridgehead atoms. The number of allylic oxidation sites excluding steroid dienone is 1. The Kier molecular flexibility index (Phi) is 3.13. The molecule has 0 aliphatic carbocycles. The lowest BCUT2D eigenvalue weighted by molar-refractivity contribution is 0.103. The number of hydrogen-bond acceptors (Lipinski definition) is 4. The van der Waals surface area contributed by atoms with Crippen LogP contribution in [-0.4, -0.2) is 12.8 Å². The quantitative estimate of drug-likeness (QED) is 0.608. The molecule has 0 amide bonds. The summed E-state index contributed by atoms with van der Waals surface area (Å²) in [7, 11) is 1.85. The first-order chi connectivity index (χ1) is 9.77. The maximum atomic E-state index is 12.2. The van der Waals surface area contributed by atoms with Crippen molar-refractivity contribution in [2.45, 2.75) is 0 Å². The summed E-state index contributed by atoms with van der Waals surface area (Å²) in [6, 6.07) is 16.9. The molecule has 0 N–H and O–H groups in total. The minimum absolute atomic E-state index is 0.0184. The normalized spacial score (nSPS) is 16.1. The van der Waals surface area contributed by atoms with Gasteiger partial charge in [-0.25, -0.2) is 0 Å². The number of rotatable bonds is 2. The summed E-state index contributed by atoms with van der Waals surface area (Å²) >= 11 is 0. The van der Waals surface area contributed by atoms with Crippen molar-refractivity contribution in [2.24, 2.45) is 10.2 Å². The fraction of sp³-hybridized carbons (Fsp3) is 0.0625. The SMILES string of the molecule is CN1/C(=C\N=Nc2ccccc2)C(=O)c2ccccc21. The van der Waals surface area contributed by atoms with Gasteiger partial charge >= 0.3 is 0 Å². The summed E-state index contributed by atoms with van der Waals surface area (Å²) in [6.45, 7) is 0. The van der Waals surface area contributed by atoms with Crippen LogP contribution >= 0.6 is 0 Å². The van der Waals surface area contributed by atoms with E-state index in [2.05, 4.69) is 10.2 Å². The molecule has 0 radical (unpaired) electrons.